The Morgan fingerprint density at radius 1 is 1.07 bits per heavy atom. The molecule has 30 heavy (non-hydrogen) atoms. The van der Waals surface area contributed by atoms with Gasteiger partial charge in [0.1, 0.15) is 17.2 Å². The average molecular weight is 445 g/mol. The Morgan fingerprint density at radius 3 is 2.40 bits per heavy atom. The fourth-order valence-corrected chi connectivity index (χ4v) is 4.66. The monoisotopic (exact) mass is 444 g/mol. The van der Waals surface area contributed by atoms with Gasteiger partial charge in [-0.05, 0) is 53.9 Å². The number of nitrogens with zero attached hydrogens (tertiary/aromatic N) is 2. The minimum atomic E-state index is -0.395. The normalized spacial score (nSPS) is 15.6. The first-order chi connectivity index (χ1) is 14.4. The molecule has 0 saturated heterocycles. The van der Waals surface area contributed by atoms with Crippen molar-refractivity contribution in [3.8, 4) is 11.5 Å². The van der Waals surface area contributed by atoms with Crippen LogP contribution >= 0.6 is 23.2 Å². The number of benzene rings is 2. The third-order valence-corrected chi connectivity index (χ3v) is 5.92. The molecule has 2 heterocycles. The van der Waals surface area contributed by atoms with Gasteiger partial charge < -0.3 is 18.9 Å². The predicted octanol–water partition coefficient (Wildman–Crippen LogP) is 5.14. The first kappa shape index (κ1) is 20.6. The Hall–Kier alpha value is -2.63. The van der Waals surface area contributed by atoms with E-state index in [4.69, 9.17) is 32.7 Å². The Morgan fingerprint density at radius 2 is 1.80 bits per heavy atom. The molecule has 7 heteroatoms. The summed E-state index contributed by atoms with van der Waals surface area (Å²) in [6, 6.07) is 12.5. The smallest absolute Gasteiger partial charge is 0.271 e. The van der Waals surface area contributed by atoms with E-state index in [0.29, 0.717) is 34.5 Å². The van der Waals surface area contributed by atoms with Crippen molar-refractivity contribution in [2.75, 3.05) is 20.8 Å². The quantitative estimate of drug-likeness (QED) is 0.559. The number of rotatable bonds is 4. The van der Waals surface area contributed by atoms with E-state index < -0.39 is 6.04 Å². The van der Waals surface area contributed by atoms with E-state index in [1.807, 2.05) is 59.1 Å². The maximum Gasteiger partial charge on any atom is 0.271 e. The molecule has 0 spiro atoms. The second-order valence-corrected chi connectivity index (χ2v) is 8.13. The number of aromatic nitrogens is 1. The number of carbonyl (C=O) groups is 1. The number of amides is 1. The van der Waals surface area contributed by atoms with Gasteiger partial charge in [-0.1, -0.05) is 23.2 Å². The molecule has 5 nitrogen and oxygen atoms in total. The average Bonchev–Trinajstić information content (AvgIpc) is 3.16. The van der Waals surface area contributed by atoms with Gasteiger partial charge in [-0.2, -0.15) is 0 Å². The number of hydrogen-bond donors (Lipinski definition) is 0. The van der Waals surface area contributed by atoms with Crippen LogP contribution < -0.4 is 9.47 Å². The molecule has 1 aliphatic rings. The van der Waals surface area contributed by atoms with Crippen LogP contribution in [0.5, 0.6) is 11.5 Å². The zero-order valence-corrected chi connectivity index (χ0v) is 18.5. The lowest BCUT2D eigenvalue weighted by Gasteiger charge is -2.39. The number of ether oxygens (including phenoxy) is 2. The molecule has 2 aromatic carbocycles. The summed E-state index contributed by atoms with van der Waals surface area (Å²) in [7, 11) is 5.11. The molecule has 0 bridgehead atoms. The number of fused-ring (bicyclic) bond motifs is 1. The lowest BCUT2D eigenvalue weighted by Crippen LogP contribution is -2.41. The molecule has 3 aromatic rings. The number of hydrogen-bond acceptors (Lipinski definition) is 3. The van der Waals surface area contributed by atoms with Crippen LogP contribution in [0.15, 0.2) is 48.7 Å². The van der Waals surface area contributed by atoms with Crippen molar-refractivity contribution in [1.82, 2.24) is 9.47 Å². The lowest BCUT2D eigenvalue weighted by molar-refractivity contribution is 0.0682. The van der Waals surface area contributed by atoms with Gasteiger partial charge in [0, 0.05) is 41.5 Å². The zero-order valence-electron chi connectivity index (χ0n) is 17.0. The Bertz CT molecular complexity index is 1070. The van der Waals surface area contributed by atoms with E-state index in [1.54, 1.807) is 20.3 Å². The molecule has 4 rings (SSSR count). The number of methoxy groups -OCH3 is 2. The van der Waals surface area contributed by atoms with Crippen LogP contribution in [0.1, 0.15) is 33.2 Å². The van der Waals surface area contributed by atoms with Crippen molar-refractivity contribution >= 4 is 29.1 Å². The number of aryl methyl sites for hydroxylation is 1. The van der Waals surface area contributed by atoms with Crippen LogP contribution in [-0.2, 0) is 13.5 Å². The van der Waals surface area contributed by atoms with Crippen molar-refractivity contribution in [1.29, 1.82) is 0 Å². The highest BCUT2D eigenvalue weighted by Gasteiger charge is 2.36. The second kappa shape index (κ2) is 8.25. The summed E-state index contributed by atoms with van der Waals surface area (Å²) in [6.45, 7) is 0.544. The van der Waals surface area contributed by atoms with Gasteiger partial charge in [0.15, 0.2) is 0 Å². The van der Waals surface area contributed by atoms with Crippen LogP contribution in [0.4, 0.5) is 0 Å². The molecule has 1 amide bonds. The first-order valence-electron chi connectivity index (χ1n) is 9.56. The van der Waals surface area contributed by atoms with E-state index in [2.05, 4.69) is 0 Å². The molecule has 0 saturated carbocycles. The SMILES string of the molecule is COc1cc2c(c(OC)c1)C(c1cc(Cl)cc(Cl)c1)N(C(=O)c1cccn1C)CC2. The van der Waals surface area contributed by atoms with Crippen LogP contribution in [0.2, 0.25) is 10.0 Å². The molecule has 0 aliphatic carbocycles. The third-order valence-electron chi connectivity index (χ3n) is 5.49. The molecule has 156 valence electrons. The van der Waals surface area contributed by atoms with Crippen molar-refractivity contribution in [2.24, 2.45) is 7.05 Å². The summed E-state index contributed by atoms with van der Waals surface area (Å²) in [6.07, 6.45) is 2.55. The number of halogens is 2. The van der Waals surface area contributed by atoms with E-state index >= 15 is 0 Å². The summed E-state index contributed by atoms with van der Waals surface area (Å²) in [4.78, 5) is 15.4. The summed E-state index contributed by atoms with van der Waals surface area (Å²) in [5.74, 6) is 1.32. The molecule has 1 aliphatic heterocycles. The van der Waals surface area contributed by atoms with Gasteiger partial charge >= 0.3 is 0 Å². The van der Waals surface area contributed by atoms with Gasteiger partial charge in [0.2, 0.25) is 0 Å². The molecule has 0 radical (unpaired) electrons. The van der Waals surface area contributed by atoms with Crippen molar-refractivity contribution in [3.63, 3.8) is 0 Å². The molecule has 1 atom stereocenters. The fourth-order valence-electron chi connectivity index (χ4n) is 4.11. The van der Waals surface area contributed by atoms with Gasteiger partial charge in [-0.15, -0.1) is 0 Å². The van der Waals surface area contributed by atoms with Crippen molar-refractivity contribution in [2.45, 2.75) is 12.5 Å². The molecular weight excluding hydrogens is 423 g/mol. The van der Waals surface area contributed by atoms with E-state index in [1.165, 1.54) is 0 Å². The van der Waals surface area contributed by atoms with E-state index in [0.717, 1.165) is 22.4 Å². The van der Waals surface area contributed by atoms with E-state index in [-0.39, 0.29) is 5.91 Å². The lowest BCUT2D eigenvalue weighted by atomic mass is 9.86. The van der Waals surface area contributed by atoms with Crippen LogP contribution in [0.25, 0.3) is 0 Å². The van der Waals surface area contributed by atoms with Gasteiger partial charge in [-0.3, -0.25) is 4.79 Å². The Kier molecular flexibility index (Phi) is 5.67. The Balaban J connectivity index is 1.93. The van der Waals surface area contributed by atoms with Crippen LogP contribution in [0.3, 0.4) is 0 Å². The van der Waals surface area contributed by atoms with Crippen molar-refractivity contribution in [3.05, 3.63) is 81.1 Å². The topological polar surface area (TPSA) is 43.7 Å². The molecule has 0 N–H and O–H groups in total. The predicted molar refractivity (Wildman–Crippen MR) is 118 cm³/mol. The van der Waals surface area contributed by atoms with Crippen molar-refractivity contribution < 1.29 is 14.3 Å². The first-order valence-corrected chi connectivity index (χ1v) is 10.3. The summed E-state index contributed by atoms with van der Waals surface area (Å²) in [5, 5.41) is 1.03. The maximum absolute atomic E-state index is 13.5. The van der Waals surface area contributed by atoms with Crippen LogP contribution in [0, 0.1) is 0 Å². The highest BCUT2D eigenvalue weighted by atomic mass is 35.5. The van der Waals surface area contributed by atoms with E-state index in [9.17, 15) is 4.79 Å². The maximum atomic E-state index is 13.5. The van der Waals surface area contributed by atoms with Gasteiger partial charge in [0.25, 0.3) is 5.91 Å². The van der Waals surface area contributed by atoms with Gasteiger partial charge in [-0.25, -0.2) is 0 Å². The highest BCUT2D eigenvalue weighted by Crippen LogP contribution is 2.44. The minimum Gasteiger partial charge on any atom is -0.497 e. The fraction of sp³-hybridized carbons (Fsp3) is 0.261. The van der Waals surface area contributed by atoms with Gasteiger partial charge in [0.05, 0.1) is 20.3 Å². The number of carbonyl (C=O) groups excluding carboxylic acids is 1. The molecule has 1 unspecified atom stereocenters. The van der Waals surface area contributed by atoms with Crippen LogP contribution in [-0.4, -0.2) is 36.1 Å². The summed E-state index contributed by atoms with van der Waals surface area (Å²) < 4.78 is 13.0. The highest BCUT2D eigenvalue weighted by molar-refractivity contribution is 6.34. The summed E-state index contributed by atoms with van der Waals surface area (Å²) in [5.41, 5.74) is 3.44. The largest absolute Gasteiger partial charge is 0.497 e. The minimum absolute atomic E-state index is 0.0629. The second-order valence-electron chi connectivity index (χ2n) is 7.26. The zero-order chi connectivity index (χ0) is 21.4. The Labute approximate surface area is 185 Å². The third kappa shape index (κ3) is 3.64. The summed E-state index contributed by atoms with van der Waals surface area (Å²) >= 11 is 12.7. The standard InChI is InChI=1S/C23H22Cl2N2O3/c1-26-7-4-5-19(26)23(28)27-8-6-14-11-18(29-2)13-20(30-3)21(14)22(27)15-9-16(24)12-17(25)10-15/h4-5,7,9-13,22H,6,8H2,1-3H3. The molecule has 1 aromatic heterocycles. The molecular formula is C23H22Cl2N2O3. The molecule has 0 fully saturated rings.